The molecule has 2 aliphatic rings. The number of anilines is 2. The van der Waals surface area contributed by atoms with Gasteiger partial charge in [-0.3, -0.25) is 13.6 Å². The van der Waals surface area contributed by atoms with Crippen molar-refractivity contribution in [3.63, 3.8) is 0 Å². The highest BCUT2D eigenvalue weighted by atomic mass is 35.5. The van der Waals surface area contributed by atoms with E-state index in [0.29, 0.717) is 22.4 Å². The summed E-state index contributed by atoms with van der Waals surface area (Å²) in [4.78, 5) is 8.07. The molecule has 12 nitrogen and oxygen atoms in total. The SMILES string of the molecule is C[C@@]1(O)[C@H](O)C(O[P@@]2(=O)OCC[C@@H](c3cccc(Cl)c3)O2)O[C@H]1n1ccc2c(N)nc(N)nc21. The van der Waals surface area contributed by atoms with Crippen molar-refractivity contribution < 1.29 is 33.1 Å². The third-order valence-corrected chi connectivity index (χ3v) is 7.54. The Kier molecular flexibility index (Phi) is 5.82. The van der Waals surface area contributed by atoms with Gasteiger partial charge in [-0.2, -0.15) is 9.97 Å². The van der Waals surface area contributed by atoms with Gasteiger partial charge in [0.1, 0.15) is 23.2 Å². The molecule has 0 bridgehead atoms. The van der Waals surface area contributed by atoms with Gasteiger partial charge >= 0.3 is 7.82 Å². The second-order valence-electron chi connectivity index (χ2n) is 8.28. The van der Waals surface area contributed by atoms with Gasteiger partial charge in [0, 0.05) is 17.6 Å². The molecule has 1 aromatic carbocycles. The van der Waals surface area contributed by atoms with Gasteiger partial charge in [-0.25, -0.2) is 4.57 Å². The average Bonchev–Trinajstić information content (AvgIpc) is 3.27. The number of halogens is 1. The Hall–Kier alpha value is -2.28. The molecule has 0 saturated carbocycles. The van der Waals surface area contributed by atoms with E-state index >= 15 is 0 Å². The largest absolute Gasteiger partial charge is 0.477 e. The van der Waals surface area contributed by atoms with Crippen LogP contribution < -0.4 is 11.5 Å². The monoisotopic (exact) mass is 511 g/mol. The lowest BCUT2D eigenvalue weighted by molar-refractivity contribution is -0.145. The van der Waals surface area contributed by atoms with Gasteiger partial charge in [0.25, 0.3) is 0 Å². The van der Waals surface area contributed by atoms with Gasteiger partial charge in [0.2, 0.25) is 12.2 Å². The third kappa shape index (κ3) is 4.06. The number of benzene rings is 1. The first-order chi connectivity index (χ1) is 16.1. The van der Waals surface area contributed by atoms with Crippen LogP contribution >= 0.6 is 19.4 Å². The lowest BCUT2D eigenvalue weighted by Gasteiger charge is -2.31. The third-order valence-electron chi connectivity index (χ3n) is 5.83. The maximum atomic E-state index is 13.3. The normalized spacial score (nSPS) is 34.0. The minimum atomic E-state index is -4.17. The molecule has 14 heteroatoms. The van der Waals surface area contributed by atoms with Crippen molar-refractivity contribution in [2.45, 2.75) is 43.7 Å². The summed E-state index contributed by atoms with van der Waals surface area (Å²) in [5.74, 6) is 0.0733. The van der Waals surface area contributed by atoms with Crippen molar-refractivity contribution in [3.05, 3.63) is 47.1 Å². The van der Waals surface area contributed by atoms with Gasteiger partial charge in [-0.1, -0.05) is 23.7 Å². The predicted molar refractivity (Wildman–Crippen MR) is 121 cm³/mol. The van der Waals surface area contributed by atoms with Crippen molar-refractivity contribution in [1.29, 1.82) is 0 Å². The van der Waals surface area contributed by atoms with Crippen LogP contribution in [0.3, 0.4) is 0 Å². The summed E-state index contributed by atoms with van der Waals surface area (Å²) in [6.45, 7) is 1.42. The van der Waals surface area contributed by atoms with E-state index in [9.17, 15) is 14.8 Å². The molecule has 2 fully saturated rings. The zero-order chi connectivity index (χ0) is 24.3. The summed E-state index contributed by atoms with van der Waals surface area (Å²) in [7, 11) is -4.17. The van der Waals surface area contributed by atoms with E-state index < -0.39 is 38.1 Å². The molecule has 182 valence electrons. The zero-order valence-corrected chi connectivity index (χ0v) is 19.6. The van der Waals surface area contributed by atoms with E-state index in [2.05, 4.69) is 9.97 Å². The van der Waals surface area contributed by atoms with Gasteiger partial charge in [-0.05, 0) is 30.7 Å². The fourth-order valence-electron chi connectivity index (χ4n) is 4.08. The van der Waals surface area contributed by atoms with E-state index in [-0.39, 0.29) is 24.0 Å². The number of phosphoric ester groups is 1. The number of ether oxygens (including phenoxy) is 1. The minimum Gasteiger partial charge on any atom is -0.385 e. The Morgan fingerprint density at radius 2 is 2.12 bits per heavy atom. The number of aliphatic hydroxyl groups excluding tert-OH is 1. The fraction of sp³-hybridized carbons (Fsp3) is 0.400. The molecule has 34 heavy (non-hydrogen) atoms. The minimum absolute atomic E-state index is 0.0727. The first-order valence-electron chi connectivity index (χ1n) is 10.4. The molecule has 1 unspecified atom stereocenters. The van der Waals surface area contributed by atoms with Crippen LogP contribution in [0.2, 0.25) is 5.02 Å². The van der Waals surface area contributed by atoms with Crippen molar-refractivity contribution in [2.75, 3.05) is 18.1 Å². The molecule has 0 aliphatic carbocycles. The second kappa shape index (κ2) is 8.43. The van der Waals surface area contributed by atoms with Crippen LogP contribution in [0.25, 0.3) is 11.0 Å². The molecule has 0 radical (unpaired) electrons. The summed E-state index contributed by atoms with van der Waals surface area (Å²) in [5.41, 5.74) is 10.7. The number of nitrogens with zero attached hydrogens (tertiary/aromatic N) is 3. The number of phosphoric acid groups is 1. The molecule has 6 atom stereocenters. The van der Waals surface area contributed by atoms with E-state index in [4.69, 9.17) is 41.4 Å². The van der Waals surface area contributed by atoms with Crippen LogP contribution in [0.4, 0.5) is 11.8 Å². The van der Waals surface area contributed by atoms with Crippen molar-refractivity contribution in [3.8, 4) is 0 Å². The van der Waals surface area contributed by atoms with Crippen LogP contribution in [0.1, 0.15) is 31.2 Å². The van der Waals surface area contributed by atoms with Crippen molar-refractivity contribution >= 4 is 42.2 Å². The summed E-state index contributed by atoms with van der Waals surface area (Å²) in [5, 5.41) is 22.8. The molecule has 6 N–H and O–H groups in total. The Labute approximate surface area is 199 Å². The van der Waals surface area contributed by atoms with Crippen LogP contribution in [0.5, 0.6) is 0 Å². The molecular weight excluding hydrogens is 489 g/mol. The lowest BCUT2D eigenvalue weighted by Crippen LogP contribution is -2.44. The fourth-order valence-corrected chi connectivity index (χ4v) is 5.74. The molecule has 2 aromatic heterocycles. The molecule has 4 heterocycles. The van der Waals surface area contributed by atoms with E-state index in [1.165, 1.54) is 11.5 Å². The van der Waals surface area contributed by atoms with E-state index in [0.717, 1.165) is 0 Å². The Balaban J connectivity index is 1.40. The first-order valence-corrected chi connectivity index (χ1v) is 12.2. The second-order valence-corrected chi connectivity index (χ2v) is 10.3. The smallest absolute Gasteiger partial charge is 0.385 e. The predicted octanol–water partition coefficient (Wildman–Crippen LogP) is 2.52. The standard InChI is InChI=1S/C20H23ClN5O7P/c1-20(28)14(27)17(31-18(20)26-7-5-12-15(22)24-19(23)25-16(12)26)33-34(29)30-8-6-13(32-34)10-3-2-4-11(21)9-10/h2-5,7,9,13-14,17-18,27-28H,6,8H2,1H3,(H4,22,23,24,25)/t13-,14+,17?,18+,20+,34-/m0/s1. The number of hydrogen-bond acceptors (Lipinski definition) is 11. The van der Waals surface area contributed by atoms with Crippen LogP contribution in [0.15, 0.2) is 36.5 Å². The zero-order valence-electron chi connectivity index (χ0n) is 17.9. The number of aromatic nitrogens is 3. The Morgan fingerprint density at radius 3 is 2.88 bits per heavy atom. The van der Waals surface area contributed by atoms with Crippen molar-refractivity contribution in [1.82, 2.24) is 14.5 Å². The van der Waals surface area contributed by atoms with Gasteiger partial charge in [0.15, 0.2) is 6.23 Å². The summed E-state index contributed by atoms with van der Waals surface area (Å²) < 4.78 is 37.0. The highest BCUT2D eigenvalue weighted by Crippen LogP contribution is 2.59. The topological polar surface area (TPSA) is 177 Å². The highest BCUT2D eigenvalue weighted by Gasteiger charge is 2.56. The quantitative estimate of drug-likeness (QED) is 0.378. The Morgan fingerprint density at radius 1 is 1.32 bits per heavy atom. The molecule has 2 saturated heterocycles. The maximum Gasteiger partial charge on any atom is 0.477 e. The van der Waals surface area contributed by atoms with Crippen LogP contribution in [0, 0.1) is 0 Å². The number of rotatable bonds is 4. The van der Waals surface area contributed by atoms with Crippen molar-refractivity contribution in [2.24, 2.45) is 0 Å². The van der Waals surface area contributed by atoms with Gasteiger partial charge in [-0.15, -0.1) is 0 Å². The van der Waals surface area contributed by atoms with Gasteiger partial charge < -0.3 is 31.0 Å². The number of fused-ring (bicyclic) bond motifs is 1. The van der Waals surface area contributed by atoms with Gasteiger partial charge in [0.05, 0.1) is 18.1 Å². The molecular formula is C20H23ClN5O7P. The molecule has 3 aromatic rings. The number of hydrogen-bond donors (Lipinski definition) is 4. The number of nitrogen functional groups attached to an aromatic ring is 2. The summed E-state index contributed by atoms with van der Waals surface area (Å²) in [6, 6.07) is 8.56. The molecule has 2 aliphatic heterocycles. The van der Waals surface area contributed by atoms with Crippen LogP contribution in [-0.4, -0.2) is 49.4 Å². The lowest BCUT2D eigenvalue weighted by atomic mass is 9.99. The maximum absolute atomic E-state index is 13.3. The molecule has 0 amide bonds. The number of nitrogens with two attached hydrogens (primary N) is 2. The average molecular weight is 512 g/mol. The summed E-state index contributed by atoms with van der Waals surface area (Å²) >= 11 is 6.05. The first kappa shape index (κ1) is 23.5. The summed E-state index contributed by atoms with van der Waals surface area (Å²) in [6.07, 6.45) is -2.99. The molecule has 0 spiro atoms. The highest BCUT2D eigenvalue weighted by molar-refractivity contribution is 7.48. The van der Waals surface area contributed by atoms with E-state index in [1.807, 2.05) is 0 Å². The van der Waals surface area contributed by atoms with E-state index in [1.54, 1.807) is 36.5 Å². The Bertz CT molecular complexity index is 1290. The number of aliphatic hydroxyl groups is 2. The van der Waals surface area contributed by atoms with Crippen LogP contribution in [-0.2, 0) is 22.9 Å². The molecule has 5 rings (SSSR count).